The van der Waals surface area contributed by atoms with Gasteiger partial charge in [0.2, 0.25) is 0 Å². The predicted molar refractivity (Wildman–Crippen MR) is 153 cm³/mol. The molecule has 2 aliphatic rings. The molecule has 1 fully saturated rings. The minimum absolute atomic E-state index is 0.686. The second kappa shape index (κ2) is 10.9. The van der Waals surface area contributed by atoms with E-state index in [2.05, 4.69) is 88.5 Å². The first-order valence-corrected chi connectivity index (χ1v) is 12.9. The van der Waals surface area contributed by atoms with Crippen molar-refractivity contribution in [3.8, 4) is 11.3 Å². The van der Waals surface area contributed by atoms with E-state index in [1.54, 1.807) is 6.08 Å². The summed E-state index contributed by atoms with van der Waals surface area (Å²) in [5, 5.41) is 15.0. The van der Waals surface area contributed by atoms with E-state index < -0.39 is 0 Å². The molecule has 3 heterocycles. The van der Waals surface area contributed by atoms with E-state index in [1.165, 1.54) is 34.8 Å². The van der Waals surface area contributed by atoms with E-state index in [1.807, 2.05) is 0 Å². The fraction of sp³-hybridized carbons (Fsp3) is 0.258. The Hall–Kier alpha value is -4.03. The van der Waals surface area contributed by atoms with Crippen LogP contribution in [0.2, 0.25) is 0 Å². The Bertz CT molecular complexity index is 1410. The minimum atomic E-state index is 0.686. The van der Waals surface area contributed by atoms with Gasteiger partial charge in [0.25, 0.3) is 0 Å². The fourth-order valence-corrected chi connectivity index (χ4v) is 5.07. The molecular formula is C31H34N6. The number of hydrogen-bond donors (Lipinski definition) is 2. The lowest BCUT2D eigenvalue weighted by Gasteiger charge is -2.37. The van der Waals surface area contributed by atoms with E-state index in [-0.39, 0.29) is 0 Å². The van der Waals surface area contributed by atoms with Gasteiger partial charge >= 0.3 is 0 Å². The van der Waals surface area contributed by atoms with E-state index in [0.29, 0.717) is 5.57 Å². The average Bonchev–Trinajstić information content (AvgIpc) is 3.30. The number of aryl methyl sites for hydroxylation is 1. The van der Waals surface area contributed by atoms with Gasteiger partial charge in [0.15, 0.2) is 0 Å². The molecule has 2 N–H and O–H groups in total. The zero-order chi connectivity index (χ0) is 25.8. The predicted octanol–water partition coefficient (Wildman–Crippen LogP) is 5.90. The molecule has 1 aliphatic carbocycles. The number of piperazine rings is 1. The molecule has 6 heteroatoms. The molecule has 188 valence electrons. The highest BCUT2D eigenvalue weighted by atomic mass is 15.3. The van der Waals surface area contributed by atoms with Crippen molar-refractivity contribution < 1.29 is 0 Å². The Labute approximate surface area is 219 Å². The lowest BCUT2D eigenvalue weighted by molar-refractivity contribution is 0.154. The van der Waals surface area contributed by atoms with Crippen LogP contribution in [0.15, 0.2) is 84.7 Å². The summed E-state index contributed by atoms with van der Waals surface area (Å²) in [4.78, 5) is 9.77. The Balaban J connectivity index is 1.45. The second-order valence-corrected chi connectivity index (χ2v) is 9.70. The fourth-order valence-electron chi connectivity index (χ4n) is 5.07. The minimum Gasteiger partial charge on any atom is -0.369 e. The van der Waals surface area contributed by atoms with Gasteiger partial charge < -0.3 is 20.1 Å². The highest BCUT2D eigenvalue weighted by Crippen LogP contribution is 2.29. The van der Waals surface area contributed by atoms with Gasteiger partial charge in [0.1, 0.15) is 5.65 Å². The van der Waals surface area contributed by atoms with E-state index in [4.69, 9.17) is 15.8 Å². The van der Waals surface area contributed by atoms with Crippen LogP contribution in [0, 0.1) is 17.7 Å². The molecule has 0 spiro atoms. The van der Waals surface area contributed by atoms with Crippen LogP contribution in [-0.2, 0) is 6.54 Å². The SMILES string of the molecule is C=C(/C(C=N)=C/C=N)N1CCN(Cc2c(-c3ccc(C)cc3)nc3ccc(C4=CCCC=C4)cn23)CC1. The van der Waals surface area contributed by atoms with Crippen LogP contribution < -0.4 is 0 Å². The number of fused-ring (bicyclic) bond motifs is 1. The van der Waals surface area contributed by atoms with Crippen molar-refractivity contribution in [3.63, 3.8) is 0 Å². The first-order valence-electron chi connectivity index (χ1n) is 12.9. The molecule has 1 aromatic carbocycles. The average molecular weight is 491 g/mol. The van der Waals surface area contributed by atoms with Crippen molar-refractivity contribution in [1.29, 1.82) is 10.8 Å². The molecular weight excluding hydrogens is 456 g/mol. The third kappa shape index (κ3) is 5.25. The number of nitrogens with zero attached hydrogens (tertiary/aromatic N) is 4. The third-order valence-electron chi connectivity index (χ3n) is 7.25. The van der Waals surface area contributed by atoms with Crippen LogP contribution in [0.3, 0.4) is 0 Å². The van der Waals surface area contributed by atoms with Crippen LogP contribution in [0.5, 0.6) is 0 Å². The van der Waals surface area contributed by atoms with Gasteiger partial charge in [-0.3, -0.25) is 4.90 Å². The van der Waals surface area contributed by atoms with Gasteiger partial charge in [-0.15, -0.1) is 0 Å². The molecule has 1 aliphatic heterocycles. The molecule has 0 radical (unpaired) electrons. The van der Waals surface area contributed by atoms with Crippen molar-refractivity contribution in [2.75, 3.05) is 26.2 Å². The number of benzene rings is 1. The third-order valence-corrected chi connectivity index (χ3v) is 7.25. The normalized spacial score (nSPS) is 16.6. The van der Waals surface area contributed by atoms with Crippen molar-refractivity contribution in [1.82, 2.24) is 19.2 Å². The highest BCUT2D eigenvalue weighted by molar-refractivity contribution is 5.88. The number of imidazole rings is 1. The highest BCUT2D eigenvalue weighted by Gasteiger charge is 2.23. The standard InChI is InChI=1S/C31H34N6/c1-23-8-10-26(11-9-23)31-29(22-35-16-18-36(19-17-35)24(2)27(20-33)14-15-32)37-21-28(12-13-30(37)34-31)25-6-4-3-5-7-25/h4,6-15,20-21,32-33H,2-3,5,16-19,22H2,1H3/b27-14+,32-15?,33-20?. The Morgan fingerprint density at radius 2 is 1.76 bits per heavy atom. The zero-order valence-corrected chi connectivity index (χ0v) is 21.5. The number of allylic oxidation sites excluding steroid dienone is 6. The van der Waals surface area contributed by atoms with Gasteiger partial charge in [0.05, 0.1) is 11.4 Å². The summed E-state index contributed by atoms with van der Waals surface area (Å²) in [5.41, 5.74) is 9.58. The first-order chi connectivity index (χ1) is 18.1. The van der Waals surface area contributed by atoms with Gasteiger partial charge in [-0.05, 0) is 49.1 Å². The second-order valence-electron chi connectivity index (χ2n) is 9.70. The maximum absolute atomic E-state index is 7.66. The summed E-state index contributed by atoms with van der Waals surface area (Å²) in [6, 6.07) is 13.0. The summed E-state index contributed by atoms with van der Waals surface area (Å²) >= 11 is 0. The lowest BCUT2D eigenvalue weighted by atomic mass is 10.0. The number of pyridine rings is 1. The van der Waals surface area contributed by atoms with Crippen molar-refractivity contribution in [2.45, 2.75) is 26.3 Å². The quantitative estimate of drug-likeness (QED) is 0.305. The van der Waals surface area contributed by atoms with Crippen molar-refractivity contribution in [3.05, 3.63) is 102 Å². The molecule has 1 saturated heterocycles. The van der Waals surface area contributed by atoms with Crippen molar-refractivity contribution >= 4 is 23.6 Å². The molecule has 2 aromatic heterocycles. The van der Waals surface area contributed by atoms with Gasteiger partial charge in [0, 0.05) is 68.2 Å². The van der Waals surface area contributed by atoms with Crippen molar-refractivity contribution in [2.24, 2.45) is 0 Å². The molecule has 6 nitrogen and oxygen atoms in total. The Kier molecular flexibility index (Phi) is 7.28. The molecule has 0 amide bonds. The topological polar surface area (TPSA) is 71.5 Å². The van der Waals surface area contributed by atoms with E-state index in [0.717, 1.165) is 68.2 Å². The molecule has 3 aromatic rings. The molecule has 5 rings (SSSR count). The molecule has 0 unspecified atom stereocenters. The van der Waals surface area contributed by atoms with Crippen LogP contribution in [0.4, 0.5) is 0 Å². The smallest absolute Gasteiger partial charge is 0.137 e. The summed E-state index contributed by atoms with van der Waals surface area (Å²) in [6.45, 7) is 10.6. The molecule has 0 atom stereocenters. The van der Waals surface area contributed by atoms with E-state index in [9.17, 15) is 0 Å². The van der Waals surface area contributed by atoms with Gasteiger partial charge in [-0.25, -0.2) is 4.98 Å². The Morgan fingerprint density at radius 3 is 2.43 bits per heavy atom. The number of rotatable bonds is 8. The monoisotopic (exact) mass is 490 g/mol. The van der Waals surface area contributed by atoms with Gasteiger partial charge in [-0.2, -0.15) is 0 Å². The largest absolute Gasteiger partial charge is 0.369 e. The number of hydrogen-bond acceptors (Lipinski definition) is 5. The van der Waals surface area contributed by atoms with E-state index >= 15 is 0 Å². The summed E-state index contributed by atoms with van der Waals surface area (Å²) in [7, 11) is 0. The maximum Gasteiger partial charge on any atom is 0.137 e. The first kappa shape index (κ1) is 24.7. The Morgan fingerprint density at radius 1 is 1.00 bits per heavy atom. The molecule has 0 saturated carbocycles. The van der Waals surface area contributed by atoms with Crippen LogP contribution in [-0.4, -0.2) is 57.8 Å². The summed E-state index contributed by atoms with van der Waals surface area (Å²) < 4.78 is 2.28. The summed E-state index contributed by atoms with van der Waals surface area (Å²) in [5.74, 6) is 0. The molecule has 37 heavy (non-hydrogen) atoms. The van der Waals surface area contributed by atoms with Crippen LogP contribution in [0.25, 0.3) is 22.5 Å². The zero-order valence-electron chi connectivity index (χ0n) is 21.5. The van der Waals surface area contributed by atoms with Crippen LogP contribution in [0.1, 0.15) is 29.7 Å². The molecule has 0 bridgehead atoms. The number of nitrogens with one attached hydrogen (secondary N) is 2. The summed E-state index contributed by atoms with van der Waals surface area (Å²) in [6.07, 6.45) is 15.4. The maximum atomic E-state index is 7.66. The lowest BCUT2D eigenvalue weighted by Crippen LogP contribution is -2.45. The van der Waals surface area contributed by atoms with Gasteiger partial charge in [-0.1, -0.05) is 54.6 Å². The van der Waals surface area contributed by atoms with Crippen LogP contribution >= 0.6 is 0 Å². The number of aromatic nitrogens is 2.